The van der Waals surface area contributed by atoms with Crippen molar-refractivity contribution in [3.05, 3.63) is 70.5 Å². The smallest absolute Gasteiger partial charge is 0.287 e. The van der Waals surface area contributed by atoms with Crippen molar-refractivity contribution in [1.29, 1.82) is 0 Å². The maximum absolute atomic E-state index is 5.51. The number of halogens is 1. The molecule has 6 aromatic rings. The van der Waals surface area contributed by atoms with Crippen molar-refractivity contribution in [3.8, 4) is 62.2 Å². The normalized spacial score (nSPS) is 10.9. The van der Waals surface area contributed by atoms with Crippen molar-refractivity contribution in [1.82, 2.24) is 24.5 Å². The maximum atomic E-state index is 5.51. The SMILES string of the molecule is COc1cc(-c2nsc(Nc3ccc(-c4noc(-c5nc(-c6ccc(Br)cc6)cs5)n4)cc3)n2)cc(OC)c1OC. The van der Waals surface area contributed by atoms with Crippen molar-refractivity contribution in [2.45, 2.75) is 0 Å². The standard InChI is InChI=1S/C28H21BrN6O4S2/c1-36-21-12-17(13-22(37-2)23(21)38-3)25-33-28(41-35-25)30-19-10-6-16(7-11-19)24-32-26(39-34-24)27-31-20(14-40-27)15-4-8-18(29)9-5-15/h4-14H,1-3H3,(H,30,33,35). The molecule has 0 aliphatic rings. The van der Waals surface area contributed by atoms with Crippen molar-refractivity contribution in [2.75, 3.05) is 26.6 Å². The lowest BCUT2D eigenvalue weighted by Crippen LogP contribution is -1.96. The number of nitrogens with zero attached hydrogens (tertiary/aromatic N) is 5. The number of methoxy groups -OCH3 is 3. The second-order valence-corrected chi connectivity index (χ2v) is 11.0. The third-order valence-electron chi connectivity index (χ3n) is 6.00. The molecule has 0 saturated heterocycles. The highest BCUT2D eigenvalue weighted by atomic mass is 79.9. The van der Waals surface area contributed by atoms with Crippen LogP contribution < -0.4 is 19.5 Å². The number of benzene rings is 3. The molecule has 41 heavy (non-hydrogen) atoms. The summed E-state index contributed by atoms with van der Waals surface area (Å²) in [5.41, 5.74) is 4.27. The van der Waals surface area contributed by atoms with Crippen LogP contribution in [0.1, 0.15) is 0 Å². The molecule has 0 amide bonds. The van der Waals surface area contributed by atoms with Gasteiger partial charge in [-0.25, -0.2) is 4.98 Å². The van der Waals surface area contributed by atoms with Gasteiger partial charge in [0.05, 0.1) is 27.0 Å². The fourth-order valence-electron chi connectivity index (χ4n) is 3.98. The Morgan fingerprint density at radius 1 is 0.780 bits per heavy atom. The Morgan fingerprint density at radius 2 is 1.49 bits per heavy atom. The van der Waals surface area contributed by atoms with Gasteiger partial charge in [-0.15, -0.1) is 11.3 Å². The zero-order valence-corrected chi connectivity index (χ0v) is 25.1. The van der Waals surface area contributed by atoms with Crippen LogP contribution in [0.4, 0.5) is 10.8 Å². The first-order valence-electron chi connectivity index (χ1n) is 12.1. The average Bonchev–Trinajstić information content (AvgIpc) is 3.78. The molecule has 206 valence electrons. The van der Waals surface area contributed by atoms with E-state index >= 15 is 0 Å². The van der Waals surface area contributed by atoms with Gasteiger partial charge in [0.25, 0.3) is 5.89 Å². The molecule has 0 unspecified atom stereocenters. The van der Waals surface area contributed by atoms with Crippen molar-refractivity contribution < 1.29 is 18.7 Å². The largest absolute Gasteiger partial charge is 0.493 e. The van der Waals surface area contributed by atoms with E-state index < -0.39 is 0 Å². The fraction of sp³-hybridized carbons (Fsp3) is 0.107. The molecule has 0 bridgehead atoms. The Balaban J connectivity index is 1.15. The molecule has 13 heteroatoms. The highest BCUT2D eigenvalue weighted by Crippen LogP contribution is 2.41. The van der Waals surface area contributed by atoms with E-state index in [1.807, 2.05) is 66.0 Å². The molecule has 0 aliphatic carbocycles. The van der Waals surface area contributed by atoms with Gasteiger partial charge in [-0.05, 0) is 48.5 Å². The minimum atomic E-state index is 0.378. The molecule has 0 aliphatic heterocycles. The molecule has 0 saturated carbocycles. The van der Waals surface area contributed by atoms with Crippen LogP contribution in [-0.2, 0) is 0 Å². The summed E-state index contributed by atoms with van der Waals surface area (Å²) >= 11 is 6.16. The Bertz CT molecular complexity index is 1780. The zero-order chi connectivity index (χ0) is 28.3. The third-order valence-corrected chi connectivity index (χ3v) is 7.99. The summed E-state index contributed by atoms with van der Waals surface area (Å²) in [5.74, 6) is 2.98. The van der Waals surface area contributed by atoms with E-state index in [1.54, 1.807) is 21.3 Å². The molecule has 3 aromatic heterocycles. The number of ether oxygens (including phenoxy) is 3. The molecule has 0 radical (unpaired) electrons. The monoisotopic (exact) mass is 648 g/mol. The number of rotatable bonds is 9. The summed E-state index contributed by atoms with van der Waals surface area (Å²) in [6, 6.07) is 19.3. The van der Waals surface area contributed by atoms with Crippen molar-refractivity contribution in [2.24, 2.45) is 0 Å². The van der Waals surface area contributed by atoms with Gasteiger partial charge in [0.1, 0.15) is 0 Å². The quantitative estimate of drug-likeness (QED) is 0.168. The summed E-state index contributed by atoms with van der Waals surface area (Å²) in [7, 11) is 4.71. The number of thiazole rings is 1. The Morgan fingerprint density at radius 3 is 2.17 bits per heavy atom. The molecule has 6 rings (SSSR count). The minimum Gasteiger partial charge on any atom is -0.493 e. The number of aromatic nitrogens is 5. The second-order valence-electron chi connectivity index (χ2n) is 8.51. The van der Waals surface area contributed by atoms with Gasteiger partial charge >= 0.3 is 0 Å². The van der Waals surface area contributed by atoms with E-state index in [0.717, 1.165) is 32.5 Å². The molecule has 0 atom stereocenters. The zero-order valence-electron chi connectivity index (χ0n) is 21.9. The number of hydrogen-bond acceptors (Lipinski definition) is 12. The van der Waals surface area contributed by atoms with Crippen LogP contribution in [0.25, 0.3) is 44.9 Å². The summed E-state index contributed by atoms with van der Waals surface area (Å²) in [6.45, 7) is 0. The Labute approximate surface area is 251 Å². The number of nitrogens with one attached hydrogen (secondary N) is 1. The lowest BCUT2D eigenvalue weighted by molar-refractivity contribution is 0.324. The number of hydrogen-bond donors (Lipinski definition) is 1. The first kappa shape index (κ1) is 26.9. The van der Waals surface area contributed by atoms with Gasteiger partial charge < -0.3 is 24.1 Å². The molecule has 3 aromatic carbocycles. The van der Waals surface area contributed by atoms with Crippen LogP contribution in [0.15, 0.2) is 75.0 Å². The van der Waals surface area contributed by atoms with Crippen molar-refractivity contribution >= 4 is 49.6 Å². The molecule has 0 fully saturated rings. The summed E-state index contributed by atoms with van der Waals surface area (Å²) in [6.07, 6.45) is 0. The van der Waals surface area contributed by atoms with Gasteiger partial charge in [0, 0.05) is 43.8 Å². The van der Waals surface area contributed by atoms with Crippen LogP contribution in [0, 0.1) is 0 Å². The third kappa shape index (κ3) is 5.64. The van der Waals surface area contributed by atoms with Crippen molar-refractivity contribution in [3.63, 3.8) is 0 Å². The van der Waals surface area contributed by atoms with Gasteiger partial charge in [-0.2, -0.15) is 14.3 Å². The van der Waals surface area contributed by atoms with E-state index in [9.17, 15) is 0 Å². The highest BCUT2D eigenvalue weighted by molar-refractivity contribution is 9.10. The van der Waals surface area contributed by atoms with Gasteiger partial charge in [-0.1, -0.05) is 33.2 Å². The van der Waals surface area contributed by atoms with Crippen LogP contribution in [0.3, 0.4) is 0 Å². The van der Waals surface area contributed by atoms with E-state index in [1.165, 1.54) is 22.9 Å². The highest BCUT2D eigenvalue weighted by Gasteiger charge is 2.18. The summed E-state index contributed by atoms with van der Waals surface area (Å²) in [5, 5.41) is 10.7. The minimum absolute atomic E-state index is 0.378. The molecule has 1 N–H and O–H groups in total. The second kappa shape index (κ2) is 11.6. The first-order chi connectivity index (χ1) is 20.0. The topological polar surface area (TPSA) is 117 Å². The number of anilines is 2. The fourth-order valence-corrected chi connectivity index (χ4v) is 5.60. The van der Waals surface area contributed by atoms with Gasteiger partial charge in [0.15, 0.2) is 22.3 Å². The predicted octanol–water partition coefficient (Wildman–Crippen LogP) is 7.58. The predicted molar refractivity (Wildman–Crippen MR) is 162 cm³/mol. The Hall–Kier alpha value is -4.33. The van der Waals surface area contributed by atoms with Crippen LogP contribution in [0.5, 0.6) is 17.2 Å². The Kier molecular flexibility index (Phi) is 7.63. The molecule has 0 spiro atoms. The van der Waals surface area contributed by atoms with Gasteiger partial charge in [0.2, 0.25) is 16.7 Å². The van der Waals surface area contributed by atoms with Crippen LogP contribution >= 0.6 is 38.8 Å². The van der Waals surface area contributed by atoms with Crippen LogP contribution in [0.2, 0.25) is 0 Å². The van der Waals surface area contributed by atoms with E-state index in [0.29, 0.717) is 44.9 Å². The lowest BCUT2D eigenvalue weighted by atomic mass is 10.1. The van der Waals surface area contributed by atoms with E-state index in [2.05, 4.69) is 45.7 Å². The average molecular weight is 650 g/mol. The molecular formula is C28H21BrN6O4S2. The van der Waals surface area contributed by atoms with Gasteiger partial charge in [-0.3, -0.25) is 0 Å². The first-order valence-corrected chi connectivity index (χ1v) is 14.6. The lowest BCUT2D eigenvalue weighted by Gasteiger charge is -2.12. The molecule has 3 heterocycles. The summed E-state index contributed by atoms with van der Waals surface area (Å²) in [4.78, 5) is 13.8. The van der Waals surface area contributed by atoms with E-state index in [4.69, 9.17) is 18.7 Å². The molecule has 10 nitrogen and oxygen atoms in total. The van der Waals surface area contributed by atoms with Crippen LogP contribution in [-0.4, -0.2) is 45.8 Å². The summed E-state index contributed by atoms with van der Waals surface area (Å²) < 4.78 is 27.3. The van der Waals surface area contributed by atoms with E-state index in [-0.39, 0.29) is 0 Å². The molecular weight excluding hydrogens is 628 g/mol. The maximum Gasteiger partial charge on any atom is 0.287 e.